The second kappa shape index (κ2) is 11.4. The Morgan fingerprint density at radius 1 is 1.12 bits per heavy atom. The molecule has 3 rings (SSSR count). The van der Waals surface area contributed by atoms with Crippen LogP contribution in [0.3, 0.4) is 0 Å². The van der Waals surface area contributed by atoms with Gasteiger partial charge in [-0.25, -0.2) is 17.9 Å². The van der Waals surface area contributed by atoms with Crippen molar-refractivity contribution in [2.24, 2.45) is 0 Å². The first kappa shape index (κ1) is 17.7. The van der Waals surface area contributed by atoms with Crippen LogP contribution >= 0.6 is 11.6 Å². The minimum Gasteiger partial charge on any atom is -0.496 e. The Labute approximate surface area is 207 Å². The molecule has 3 N–H and O–H groups in total. The molecule has 0 saturated heterocycles. The summed E-state index contributed by atoms with van der Waals surface area (Å²) >= 11 is 5.95. The number of ether oxygens (including phenoxy) is 1. The highest BCUT2D eigenvalue weighted by atomic mass is 35.5. The molecule has 8 nitrogen and oxygen atoms in total. The average Bonchev–Trinajstić information content (AvgIpc) is 2.82. The molecule has 0 heterocycles. The van der Waals surface area contributed by atoms with E-state index in [1.807, 2.05) is 4.72 Å². The standard InChI is InChI=1S/C23H28ClN3O5S/c1-32-21-12-9-17(24)15-20(21)22(28)25-14-13-16-7-10-19(11-8-16)33(30,31)27-23(29)26-18-5-3-2-4-6-18/h7-12,15,18H,2-6,13-14H2,1H3,(H,25,28)(H2,26,27,29)/i2D2,3D2,4D2. The van der Waals surface area contributed by atoms with Crippen LogP contribution in [0.2, 0.25) is 5.02 Å². The van der Waals surface area contributed by atoms with Crippen LogP contribution in [-0.4, -0.2) is 40.1 Å². The highest BCUT2D eigenvalue weighted by Gasteiger charge is 2.21. The first-order valence-corrected chi connectivity index (χ1v) is 11.9. The second-order valence-electron chi connectivity index (χ2n) is 7.16. The van der Waals surface area contributed by atoms with Crippen LogP contribution in [-0.2, 0) is 16.4 Å². The molecular weight excluding hydrogens is 466 g/mol. The first-order valence-electron chi connectivity index (χ1n) is 13.0. The molecule has 178 valence electrons. The summed E-state index contributed by atoms with van der Waals surface area (Å²) in [5, 5.41) is 5.35. The van der Waals surface area contributed by atoms with Gasteiger partial charge in [0.25, 0.3) is 15.9 Å². The molecule has 0 atom stereocenters. The van der Waals surface area contributed by atoms with Crippen LogP contribution in [0.15, 0.2) is 47.4 Å². The summed E-state index contributed by atoms with van der Waals surface area (Å²) in [4.78, 5) is 24.6. The van der Waals surface area contributed by atoms with E-state index < -0.39 is 54.1 Å². The third kappa shape index (κ3) is 7.10. The molecule has 1 aliphatic rings. The molecule has 0 radical (unpaired) electrons. The Morgan fingerprint density at radius 3 is 2.48 bits per heavy atom. The van der Waals surface area contributed by atoms with Crippen molar-refractivity contribution in [3.63, 3.8) is 0 Å². The predicted molar refractivity (Wildman–Crippen MR) is 126 cm³/mol. The molecule has 33 heavy (non-hydrogen) atoms. The van der Waals surface area contributed by atoms with Crippen molar-refractivity contribution in [1.82, 2.24) is 15.4 Å². The Balaban J connectivity index is 1.56. The van der Waals surface area contributed by atoms with Crippen LogP contribution in [0.4, 0.5) is 4.79 Å². The zero-order valence-corrected chi connectivity index (χ0v) is 19.3. The number of amides is 3. The Kier molecular flexibility index (Phi) is 6.09. The minimum absolute atomic E-state index is 0.222. The van der Waals surface area contributed by atoms with Gasteiger partial charge < -0.3 is 15.4 Å². The monoisotopic (exact) mass is 499 g/mol. The van der Waals surface area contributed by atoms with E-state index in [0.29, 0.717) is 22.8 Å². The van der Waals surface area contributed by atoms with Gasteiger partial charge in [0.2, 0.25) is 0 Å². The number of methoxy groups -OCH3 is 1. The fourth-order valence-corrected chi connectivity index (χ4v) is 4.18. The largest absolute Gasteiger partial charge is 0.496 e. The highest BCUT2D eigenvalue weighted by Crippen LogP contribution is 2.22. The Bertz CT molecular complexity index is 1320. The summed E-state index contributed by atoms with van der Waals surface area (Å²) in [6, 6.07) is 7.94. The van der Waals surface area contributed by atoms with Crippen LogP contribution in [0, 0.1) is 0 Å². The van der Waals surface area contributed by atoms with Crippen molar-refractivity contribution in [3.05, 3.63) is 58.6 Å². The van der Waals surface area contributed by atoms with E-state index in [-0.39, 0.29) is 22.9 Å². The van der Waals surface area contributed by atoms with E-state index in [1.165, 1.54) is 37.4 Å². The van der Waals surface area contributed by atoms with Crippen LogP contribution in [0.1, 0.15) is 56.1 Å². The third-order valence-electron chi connectivity index (χ3n) is 4.78. The van der Waals surface area contributed by atoms with Crippen LogP contribution < -0.4 is 20.1 Å². The molecule has 2 aromatic rings. The maximum Gasteiger partial charge on any atom is 0.328 e. The lowest BCUT2D eigenvalue weighted by atomic mass is 9.96. The van der Waals surface area contributed by atoms with Crippen molar-refractivity contribution >= 4 is 33.6 Å². The molecular formula is C23H28ClN3O5S. The van der Waals surface area contributed by atoms with Gasteiger partial charge in [0, 0.05) is 25.8 Å². The van der Waals surface area contributed by atoms with Crippen molar-refractivity contribution < 1.29 is 31.0 Å². The van der Waals surface area contributed by atoms with Crippen LogP contribution in [0.25, 0.3) is 0 Å². The molecule has 0 bridgehead atoms. The SMILES string of the molecule is [2H]C1([2H])CC(NC(=O)NS(=O)(=O)c2ccc(CCNC(=O)c3cc(Cl)ccc3OC)cc2)CC([2H])([2H])C1([2H])[2H]. The summed E-state index contributed by atoms with van der Waals surface area (Å²) in [5.41, 5.74) is 0.979. The van der Waals surface area contributed by atoms with E-state index in [0.717, 1.165) is 0 Å². The Hall–Kier alpha value is -2.78. The predicted octanol–water partition coefficient (Wildman–Crippen LogP) is 3.64. The minimum atomic E-state index is -4.31. The zero-order chi connectivity index (χ0) is 29.2. The summed E-state index contributed by atoms with van der Waals surface area (Å²) in [7, 11) is -2.87. The lowest BCUT2D eigenvalue weighted by Crippen LogP contribution is -2.45. The molecule has 0 aliphatic heterocycles. The molecule has 1 saturated carbocycles. The normalized spacial score (nSPS) is 21.6. The summed E-state index contributed by atoms with van der Waals surface area (Å²) in [6.07, 6.45) is -8.62. The quantitative estimate of drug-likeness (QED) is 0.513. The van der Waals surface area contributed by atoms with Gasteiger partial charge >= 0.3 is 6.03 Å². The number of carbonyl (C=O) groups excluding carboxylic acids is 2. The lowest BCUT2D eigenvalue weighted by molar-refractivity contribution is 0.0951. The van der Waals surface area contributed by atoms with Gasteiger partial charge in [-0.2, -0.15) is 0 Å². The van der Waals surface area contributed by atoms with E-state index in [1.54, 1.807) is 12.1 Å². The van der Waals surface area contributed by atoms with E-state index in [9.17, 15) is 18.0 Å². The van der Waals surface area contributed by atoms with Gasteiger partial charge in [-0.3, -0.25) is 4.79 Å². The van der Waals surface area contributed by atoms with E-state index >= 15 is 0 Å². The van der Waals surface area contributed by atoms with Gasteiger partial charge in [0.05, 0.1) is 17.6 Å². The second-order valence-corrected chi connectivity index (χ2v) is 9.28. The van der Waals surface area contributed by atoms with Crippen molar-refractivity contribution in [3.8, 4) is 5.75 Å². The maximum atomic E-state index is 12.6. The van der Waals surface area contributed by atoms with Gasteiger partial charge in [-0.15, -0.1) is 0 Å². The zero-order valence-electron chi connectivity index (χ0n) is 23.8. The number of halogens is 1. The summed E-state index contributed by atoms with van der Waals surface area (Å²) < 4.78 is 79.2. The van der Waals surface area contributed by atoms with Crippen LogP contribution in [0.5, 0.6) is 5.75 Å². The Morgan fingerprint density at radius 2 is 1.82 bits per heavy atom. The van der Waals surface area contributed by atoms with Gasteiger partial charge in [0.15, 0.2) is 0 Å². The number of urea groups is 1. The van der Waals surface area contributed by atoms with Gasteiger partial charge in [-0.05, 0) is 55.2 Å². The molecule has 10 heteroatoms. The summed E-state index contributed by atoms with van der Waals surface area (Å²) in [6.45, 7) is 0.238. The molecule has 1 aliphatic carbocycles. The number of hydrogen-bond acceptors (Lipinski definition) is 5. The van der Waals surface area contributed by atoms with Gasteiger partial charge in [-0.1, -0.05) is 42.9 Å². The molecule has 0 unspecified atom stereocenters. The fraction of sp³-hybridized carbons (Fsp3) is 0.391. The topological polar surface area (TPSA) is 114 Å². The molecule has 0 aromatic heterocycles. The summed E-state index contributed by atoms with van der Waals surface area (Å²) in [5.74, 6) is -0.0242. The van der Waals surface area contributed by atoms with Crippen molar-refractivity contribution in [2.45, 2.75) is 49.3 Å². The number of benzene rings is 2. The third-order valence-corrected chi connectivity index (χ3v) is 6.36. The molecule has 3 amide bonds. The molecule has 2 aromatic carbocycles. The molecule has 1 fully saturated rings. The number of hydrogen-bond donors (Lipinski definition) is 3. The first-order chi connectivity index (χ1) is 18.0. The smallest absolute Gasteiger partial charge is 0.328 e. The maximum absolute atomic E-state index is 12.6. The van der Waals surface area contributed by atoms with E-state index in [2.05, 4.69) is 10.6 Å². The number of rotatable bonds is 8. The van der Waals surface area contributed by atoms with Crippen molar-refractivity contribution in [1.29, 1.82) is 0 Å². The number of nitrogens with one attached hydrogen (secondary N) is 3. The highest BCUT2D eigenvalue weighted by molar-refractivity contribution is 7.90. The average molecular weight is 500 g/mol. The lowest BCUT2D eigenvalue weighted by Gasteiger charge is -2.22. The van der Waals surface area contributed by atoms with Gasteiger partial charge in [0.1, 0.15) is 5.75 Å². The fourth-order valence-electron chi connectivity index (χ4n) is 3.09. The van der Waals surface area contributed by atoms with E-state index in [4.69, 9.17) is 24.6 Å². The molecule has 0 spiro atoms. The number of carbonyl (C=O) groups is 2. The number of sulfonamides is 1. The van der Waals surface area contributed by atoms with Crippen molar-refractivity contribution in [2.75, 3.05) is 13.7 Å².